The Hall–Kier alpha value is -1.85. The fourth-order valence-corrected chi connectivity index (χ4v) is 3.21. The molecular formula is C17H14F2O2S. The molecule has 1 aliphatic carbocycles. The van der Waals surface area contributed by atoms with Crippen LogP contribution in [-0.2, 0) is 11.1 Å². The van der Waals surface area contributed by atoms with Crippen molar-refractivity contribution in [2.24, 2.45) is 0 Å². The van der Waals surface area contributed by atoms with Gasteiger partial charge in [0.05, 0.1) is 4.90 Å². The first-order chi connectivity index (χ1) is 10.6. The molecule has 2 nitrogen and oxygen atoms in total. The van der Waals surface area contributed by atoms with E-state index in [0.717, 1.165) is 42.0 Å². The minimum absolute atomic E-state index is 0.344. The van der Waals surface area contributed by atoms with Gasteiger partial charge in [-0.3, -0.25) is 0 Å². The van der Waals surface area contributed by atoms with Crippen molar-refractivity contribution in [3.8, 4) is 0 Å². The first-order valence-corrected chi connectivity index (χ1v) is 8.05. The molecule has 1 atom stereocenters. The molecule has 3 rings (SSSR count). The van der Waals surface area contributed by atoms with Gasteiger partial charge in [0, 0.05) is 0 Å². The molecule has 1 aliphatic rings. The minimum Gasteiger partial charge on any atom is -0.302 e. The maximum atomic E-state index is 13.4. The average molecular weight is 320 g/mol. The molecule has 114 valence electrons. The second kappa shape index (κ2) is 6.10. The summed E-state index contributed by atoms with van der Waals surface area (Å²) in [5.74, 6) is -1.69. The monoisotopic (exact) mass is 320 g/mol. The smallest absolute Gasteiger partial charge is 0.186 e. The summed E-state index contributed by atoms with van der Waals surface area (Å²) >= 11 is -2.00. The quantitative estimate of drug-likeness (QED) is 0.837. The van der Waals surface area contributed by atoms with E-state index in [1.165, 1.54) is 6.07 Å². The molecule has 1 N–H and O–H groups in total. The van der Waals surface area contributed by atoms with E-state index in [4.69, 9.17) is 4.55 Å². The Bertz CT molecular complexity index is 767. The summed E-state index contributed by atoms with van der Waals surface area (Å²) < 4.78 is 46.6. The zero-order valence-corrected chi connectivity index (χ0v) is 12.5. The van der Waals surface area contributed by atoms with E-state index in [0.29, 0.717) is 10.5 Å². The van der Waals surface area contributed by atoms with Gasteiger partial charge in [-0.15, -0.1) is 0 Å². The predicted octanol–water partition coefficient (Wildman–Crippen LogP) is 4.64. The SMILES string of the molecule is O=S(O)c1ccc(C2=C(c3ccc(F)c(F)c3)CCC2)cc1. The molecule has 0 aromatic heterocycles. The zero-order chi connectivity index (χ0) is 15.7. The third-order valence-electron chi connectivity index (χ3n) is 3.89. The lowest BCUT2D eigenvalue weighted by Gasteiger charge is -2.09. The van der Waals surface area contributed by atoms with E-state index in [1.807, 2.05) is 0 Å². The maximum Gasteiger partial charge on any atom is 0.186 e. The molecule has 0 saturated carbocycles. The van der Waals surface area contributed by atoms with Gasteiger partial charge in [0.1, 0.15) is 0 Å². The van der Waals surface area contributed by atoms with Gasteiger partial charge in [-0.2, -0.15) is 0 Å². The molecule has 0 amide bonds. The van der Waals surface area contributed by atoms with Gasteiger partial charge in [-0.05, 0) is 65.8 Å². The van der Waals surface area contributed by atoms with Crippen molar-refractivity contribution >= 4 is 22.2 Å². The second-order valence-electron chi connectivity index (χ2n) is 5.21. The number of rotatable bonds is 3. The van der Waals surface area contributed by atoms with Crippen LogP contribution in [0.2, 0.25) is 0 Å². The predicted molar refractivity (Wildman–Crippen MR) is 82.5 cm³/mol. The number of hydrogen-bond acceptors (Lipinski definition) is 1. The molecule has 1 unspecified atom stereocenters. The molecular weight excluding hydrogens is 306 g/mol. The molecule has 2 aromatic rings. The van der Waals surface area contributed by atoms with Crippen molar-refractivity contribution in [1.29, 1.82) is 0 Å². The Morgan fingerprint density at radius 1 is 0.864 bits per heavy atom. The third kappa shape index (κ3) is 2.87. The highest BCUT2D eigenvalue weighted by molar-refractivity contribution is 7.79. The van der Waals surface area contributed by atoms with Crippen molar-refractivity contribution in [1.82, 2.24) is 0 Å². The van der Waals surface area contributed by atoms with Crippen molar-refractivity contribution in [3.05, 3.63) is 65.2 Å². The molecule has 0 radical (unpaired) electrons. The van der Waals surface area contributed by atoms with E-state index < -0.39 is 22.7 Å². The fraction of sp³-hybridized carbons (Fsp3) is 0.176. The standard InChI is InChI=1S/C17H14F2O2S/c18-16-9-6-12(10-17(16)19)15-3-1-2-14(15)11-4-7-13(8-5-11)22(20)21/h4-10H,1-3H2,(H,20,21). The van der Waals surface area contributed by atoms with Crippen LogP contribution in [0.15, 0.2) is 47.4 Å². The molecule has 22 heavy (non-hydrogen) atoms. The molecule has 0 fully saturated rings. The van der Waals surface area contributed by atoms with Crippen LogP contribution in [0.3, 0.4) is 0 Å². The zero-order valence-electron chi connectivity index (χ0n) is 11.7. The number of allylic oxidation sites excluding steroid dienone is 2. The normalized spacial score (nSPS) is 16.1. The van der Waals surface area contributed by atoms with Crippen molar-refractivity contribution in [3.63, 3.8) is 0 Å². The van der Waals surface area contributed by atoms with Crippen molar-refractivity contribution in [2.75, 3.05) is 0 Å². The lowest BCUT2D eigenvalue weighted by molar-refractivity contribution is 0.508. The van der Waals surface area contributed by atoms with Crippen LogP contribution in [-0.4, -0.2) is 8.76 Å². The van der Waals surface area contributed by atoms with E-state index in [-0.39, 0.29) is 0 Å². The Morgan fingerprint density at radius 2 is 1.45 bits per heavy atom. The molecule has 0 heterocycles. The van der Waals surface area contributed by atoms with Crippen molar-refractivity contribution < 1.29 is 17.5 Å². The Kier molecular flexibility index (Phi) is 4.18. The summed E-state index contributed by atoms with van der Waals surface area (Å²) in [6.45, 7) is 0. The summed E-state index contributed by atoms with van der Waals surface area (Å²) in [7, 11) is 0. The molecule has 2 aromatic carbocycles. The Balaban J connectivity index is 2.03. The summed E-state index contributed by atoms with van der Waals surface area (Å²) in [6.07, 6.45) is 2.63. The van der Waals surface area contributed by atoms with E-state index in [2.05, 4.69) is 0 Å². The number of hydrogen-bond donors (Lipinski definition) is 1. The second-order valence-corrected chi connectivity index (χ2v) is 6.18. The van der Waals surface area contributed by atoms with E-state index in [9.17, 15) is 13.0 Å². The van der Waals surface area contributed by atoms with Gasteiger partial charge in [0.15, 0.2) is 22.7 Å². The third-order valence-corrected chi connectivity index (χ3v) is 4.57. The number of benzene rings is 2. The van der Waals surface area contributed by atoms with Crippen LogP contribution in [0, 0.1) is 11.6 Å². The van der Waals surface area contributed by atoms with Gasteiger partial charge >= 0.3 is 0 Å². The summed E-state index contributed by atoms with van der Waals surface area (Å²) in [5.41, 5.74) is 3.74. The first-order valence-electron chi connectivity index (χ1n) is 6.95. The van der Waals surface area contributed by atoms with Gasteiger partial charge in [-0.1, -0.05) is 18.2 Å². The lowest BCUT2D eigenvalue weighted by atomic mass is 9.97. The first kappa shape index (κ1) is 15.1. The molecule has 5 heteroatoms. The van der Waals surface area contributed by atoms with Gasteiger partial charge < -0.3 is 4.55 Å². The maximum absolute atomic E-state index is 13.4. The number of halogens is 2. The largest absolute Gasteiger partial charge is 0.302 e. The average Bonchev–Trinajstić information content (AvgIpc) is 2.99. The van der Waals surface area contributed by atoms with E-state index >= 15 is 0 Å². The highest BCUT2D eigenvalue weighted by atomic mass is 32.2. The molecule has 0 spiro atoms. The van der Waals surface area contributed by atoms with Gasteiger partial charge in [0.2, 0.25) is 0 Å². The summed E-state index contributed by atoms with van der Waals surface area (Å²) in [6, 6.07) is 10.8. The van der Waals surface area contributed by atoms with Crippen LogP contribution in [0.4, 0.5) is 8.78 Å². The lowest BCUT2D eigenvalue weighted by Crippen LogP contribution is -1.92. The molecule has 0 bridgehead atoms. The van der Waals surface area contributed by atoms with Gasteiger partial charge in [0.25, 0.3) is 0 Å². The van der Waals surface area contributed by atoms with Crippen LogP contribution < -0.4 is 0 Å². The molecule has 0 aliphatic heterocycles. The topological polar surface area (TPSA) is 37.3 Å². The fourth-order valence-electron chi connectivity index (χ4n) is 2.84. The van der Waals surface area contributed by atoms with Crippen LogP contribution >= 0.6 is 0 Å². The van der Waals surface area contributed by atoms with Gasteiger partial charge in [-0.25, -0.2) is 13.0 Å². The van der Waals surface area contributed by atoms with Crippen molar-refractivity contribution in [2.45, 2.75) is 24.2 Å². The Morgan fingerprint density at radius 3 is 2.05 bits per heavy atom. The summed E-state index contributed by atoms with van der Waals surface area (Å²) in [4.78, 5) is 0.344. The highest BCUT2D eigenvalue weighted by Crippen LogP contribution is 2.40. The van der Waals surface area contributed by atoms with E-state index in [1.54, 1.807) is 30.3 Å². The van der Waals surface area contributed by atoms with Crippen LogP contribution in [0.25, 0.3) is 11.1 Å². The minimum atomic E-state index is -2.00. The van der Waals surface area contributed by atoms with Crippen LogP contribution in [0.1, 0.15) is 30.4 Å². The summed E-state index contributed by atoms with van der Waals surface area (Å²) in [5, 5.41) is 0. The Labute approximate surface area is 129 Å². The molecule has 0 saturated heterocycles. The highest BCUT2D eigenvalue weighted by Gasteiger charge is 2.19. The van der Waals surface area contributed by atoms with Crippen LogP contribution in [0.5, 0.6) is 0 Å².